The molecule has 0 aliphatic carbocycles. The van der Waals surface area contributed by atoms with Gasteiger partial charge in [-0.3, -0.25) is 33.6 Å². The van der Waals surface area contributed by atoms with Crippen LogP contribution in [0.25, 0.3) is 10.9 Å². The quantitative estimate of drug-likeness (QED) is 0.308. The molecule has 1 amide bonds. The van der Waals surface area contributed by atoms with Gasteiger partial charge in [-0.25, -0.2) is 4.79 Å². The fraction of sp³-hybridized carbons (Fsp3) is 0.273. The van der Waals surface area contributed by atoms with Crippen LogP contribution in [0.5, 0.6) is 0 Å². The first-order chi connectivity index (χ1) is 15.7. The van der Waals surface area contributed by atoms with E-state index >= 15 is 0 Å². The Hall–Kier alpha value is -4.28. The van der Waals surface area contributed by atoms with Crippen molar-refractivity contribution in [3.63, 3.8) is 0 Å². The maximum absolute atomic E-state index is 12.9. The number of nitrogens with zero attached hydrogens (tertiary/aromatic N) is 3. The van der Waals surface area contributed by atoms with Crippen LogP contribution in [-0.2, 0) is 27.9 Å². The minimum Gasteiger partial charge on any atom is -0.466 e. The Morgan fingerprint density at radius 2 is 1.85 bits per heavy atom. The molecule has 0 spiro atoms. The zero-order valence-electron chi connectivity index (χ0n) is 18.0. The molecule has 11 heteroatoms. The lowest BCUT2D eigenvalue weighted by molar-refractivity contribution is -0.384. The van der Waals surface area contributed by atoms with Crippen molar-refractivity contribution in [1.29, 1.82) is 0 Å². The molecule has 1 atom stereocenters. The molecule has 0 fully saturated rings. The second-order valence-corrected chi connectivity index (χ2v) is 7.23. The van der Waals surface area contributed by atoms with E-state index in [2.05, 4.69) is 5.32 Å². The number of hydrogen-bond acceptors (Lipinski definition) is 7. The Morgan fingerprint density at radius 1 is 1.15 bits per heavy atom. The number of esters is 1. The van der Waals surface area contributed by atoms with Crippen molar-refractivity contribution in [2.45, 2.75) is 25.9 Å². The summed E-state index contributed by atoms with van der Waals surface area (Å²) in [5, 5.41) is 13.7. The molecule has 3 aromatic rings. The third-order valence-corrected chi connectivity index (χ3v) is 5.06. The van der Waals surface area contributed by atoms with Gasteiger partial charge in [0.2, 0.25) is 5.91 Å². The molecule has 2 aromatic carbocycles. The van der Waals surface area contributed by atoms with E-state index in [0.717, 1.165) is 10.6 Å². The third-order valence-electron chi connectivity index (χ3n) is 5.06. The largest absolute Gasteiger partial charge is 0.466 e. The van der Waals surface area contributed by atoms with Gasteiger partial charge in [0.1, 0.15) is 6.54 Å². The number of carbonyl (C=O) groups excluding carboxylic acids is 2. The van der Waals surface area contributed by atoms with Gasteiger partial charge < -0.3 is 10.1 Å². The van der Waals surface area contributed by atoms with Crippen LogP contribution in [0.1, 0.15) is 24.9 Å². The molecule has 1 heterocycles. The predicted molar refractivity (Wildman–Crippen MR) is 119 cm³/mol. The van der Waals surface area contributed by atoms with Gasteiger partial charge in [0, 0.05) is 19.2 Å². The van der Waals surface area contributed by atoms with Crippen molar-refractivity contribution >= 4 is 28.5 Å². The number of nitro benzene ring substituents is 1. The third kappa shape index (κ3) is 5.14. The highest BCUT2D eigenvalue weighted by Gasteiger charge is 2.21. The summed E-state index contributed by atoms with van der Waals surface area (Å²) in [6.45, 7) is 1.22. The second-order valence-electron chi connectivity index (χ2n) is 7.23. The van der Waals surface area contributed by atoms with E-state index in [4.69, 9.17) is 4.74 Å². The molecular weight excluding hydrogens is 432 g/mol. The van der Waals surface area contributed by atoms with Crippen LogP contribution in [0.3, 0.4) is 0 Å². The zero-order valence-corrected chi connectivity index (χ0v) is 18.0. The number of hydrogen-bond donors (Lipinski definition) is 1. The molecule has 3 rings (SSSR count). The summed E-state index contributed by atoms with van der Waals surface area (Å²) in [4.78, 5) is 60.9. The molecule has 0 saturated heterocycles. The van der Waals surface area contributed by atoms with Crippen LogP contribution < -0.4 is 16.6 Å². The molecular formula is C22H22N4O7. The van der Waals surface area contributed by atoms with Gasteiger partial charge in [0.05, 0.1) is 34.9 Å². The summed E-state index contributed by atoms with van der Waals surface area (Å²) in [6, 6.07) is 11.6. The van der Waals surface area contributed by atoms with Gasteiger partial charge >= 0.3 is 11.7 Å². The van der Waals surface area contributed by atoms with Crippen molar-refractivity contribution in [3.8, 4) is 0 Å². The average molecular weight is 454 g/mol. The number of non-ortho nitro benzene ring substituents is 1. The van der Waals surface area contributed by atoms with Gasteiger partial charge in [-0.2, -0.15) is 0 Å². The first-order valence-electron chi connectivity index (χ1n) is 10.1. The van der Waals surface area contributed by atoms with E-state index in [-0.39, 0.29) is 29.6 Å². The summed E-state index contributed by atoms with van der Waals surface area (Å²) in [5.41, 5.74) is -1.04. The van der Waals surface area contributed by atoms with E-state index in [1.807, 2.05) is 0 Å². The average Bonchev–Trinajstić information content (AvgIpc) is 2.80. The summed E-state index contributed by atoms with van der Waals surface area (Å²) in [5.74, 6) is -1.20. The highest BCUT2D eigenvalue weighted by molar-refractivity contribution is 5.82. The van der Waals surface area contributed by atoms with Gasteiger partial charge in [-0.15, -0.1) is 0 Å². The standard InChI is InChI=1S/C22H22N4O7/c1-3-33-20(28)12-17(14-7-5-4-6-8-14)23-19(27)13-25-21(29)16-11-15(26(31)32)9-10-18(16)24(2)22(25)30/h4-11,17H,3,12-13H2,1-2H3,(H,23,27)/t17-/m1/s1. The van der Waals surface area contributed by atoms with Gasteiger partial charge in [0.25, 0.3) is 11.2 Å². The van der Waals surface area contributed by atoms with Crippen molar-refractivity contribution in [3.05, 3.63) is 85.0 Å². The smallest absolute Gasteiger partial charge is 0.331 e. The highest BCUT2D eigenvalue weighted by atomic mass is 16.6. The van der Waals surface area contributed by atoms with Gasteiger partial charge in [-0.05, 0) is 18.6 Å². The number of aromatic nitrogens is 2. The maximum atomic E-state index is 12.9. The molecule has 0 saturated carbocycles. The van der Waals surface area contributed by atoms with Crippen LogP contribution in [0.15, 0.2) is 58.1 Å². The summed E-state index contributed by atoms with van der Waals surface area (Å²) in [7, 11) is 1.40. The van der Waals surface area contributed by atoms with Crippen LogP contribution in [0.4, 0.5) is 5.69 Å². The van der Waals surface area contributed by atoms with Crippen molar-refractivity contribution in [2.75, 3.05) is 6.61 Å². The molecule has 0 unspecified atom stereocenters. The van der Waals surface area contributed by atoms with E-state index in [1.54, 1.807) is 37.3 Å². The first kappa shape index (κ1) is 23.4. The summed E-state index contributed by atoms with van der Waals surface area (Å²) < 4.78 is 6.81. The Labute approximate surface area is 187 Å². The topological polar surface area (TPSA) is 143 Å². The number of amides is 1. The van der Waals surface area contributed by atoms with Gasteiger partial charge in [0.15, 0.2) is 0 Å². The molecule has 0 radical (unpaired) electrons. The lowest BCUT2D eigenvalue weighted by Gasteiger charge is -2.19. The number of rotatable bonds is 8. The molecule has 0 bridgehead atoms. The Balaban J connectivity index is 1.94. The number of fused-ring (bicyclic) bond motifs is 1. The highest BCUT2D eigenvalue weighted by Crippen LogP contribution is 2.18. The molecule has 1 aromatic heterocycles. The number of benzene rings is 2. The fourth-order valence-electron chi connectivity index (χ4n) is 3.46. The van der Waals surface area contributed by atoms with Crippen LogP contribution in [0.2, 0.25) is 0 Å². The van der Waals surface area contributed by atoms with Gasteiger partial charge in [-0.1, -0.05) is 30.3 Å². The van der Waals surface area contributed by atoms with E-state index in [9.17, 15) is 29.3 Å². The first-order valence-corrected chi connectivity index (χ1v) is 10.1. The summed E-state index contributed by atoms with van der Waals surface area (Å²) >= 11 is 0. The molecule has 0 aliphatic heterocycles. The SMILES string of the molecule is CCOC(=O)C[C@@H](NC(=O)Cn1c(=O)c2cc([N+](=O)[O-])ccc2n(C)c1=O)c1ccccc1. The number of carbonyl (C=O) groups is 2. The predicted octanol–water partition coefficient (Wildman–Crippen LogP) is 1.42. The molecule has 33 heavy (non-hydrogen) atoms. The van der Waals surface area contributed by atoms with Crippen molar-refractivity contribution < 1.29 is 19.2 Å². The van der Waals surface area contributed by atoms with Crippen LogP contribution in [-0.4, -0.2) is 32.5 Å². The minimum absolute atomic E-state index is 0.0646. The van der Waals surface area contributed by atoms with E-state index < -0.39 is 40.6 Å². The monoisotopic (exact) mass is 454 g/mol. The molecule has 0 aliphatic rings. The number of nitrogens with one attached hydrogen (secondary N) is 1. The minimum atomic E-state index is -0.825. The summed E-state index contributed by atoms with van der Waals surface area (Å²) in [6.07, 6.45) is -0.138. The zero-order chi connectivity index (χ0) is 24.1. The Kier molecular flexibility index (Phi) is 7.01. The second kappa shape index (κ2) is 9.90. The maximum Gasteiger partial charge on any atom is 0.331 e. The van der Waals surface area contributed by atoms with Crippen LogP contribution in [0, 0.1) is 10.1 Å². The number of aryl methyl sites for hydroxylation is 1. The van der Waals surface area contributed by atoms with Crippen LogP contribution >= 0.6 is 0 Å². The fourth-order valence-corrected chi connectivity index (χ4v) is 3.46. The Morgan fingerprint density at radius 3 is 2.48 bits per heavy atom. The van der Waals surface area contributed by atoms with Crippen molar-refractivity contribution in [1.82, 2.24) is 14.5 Å². The van der Waals surface area contributed by atoms with E-state index in [1.165, 1.54) is 19.2 Å². The normalized spacial score (nSPS) is 11.7. The van der Waals surface area contributed by atoms with E-state index in [0.29, 0.717) is 10.1 Å². The molecule has 1 N–H and O–H groups in total. The van der Waals surface area contributed by atoms with Crippen molar-refractivity contribution in [2.24, 2.45) is 7.05 Å². The number of ether oxygens (including phenoxy) is 1. The Bertz CT molecular complexity index is 1330. The lowest BCUT2D eigenvalue weighted by Crippen LogP contribution is -2.44. The lowest BCUT2D eigenvalue weighted by atomic mass is 10.0. The molecule has 172 valence electrons. The number of nitro groups is 1. The molecule has 11 nitrogen and oxygen atoms in total.